The predicted molar refractivity (Wildman–Crippen MR) is 85.2 cm³/mol. The molecular weight excluding hydrogens is 335 g/mol. The van der Waals surface area contributed by atoms with Gasteiger partial charge in [0.2, 0.25) is 0 Å². The summed E-state index contributed by atoms with van der Waals surface area (Å²) in [6.07, 6.45) is -4.55. The average molecular weight is 351 g/mol. The fourth-order valence-corrected chi connectivity index (χ4v) is 2.24. The molecule has 0 aliphatic carbocycles. The Kier molecular flexibility index (Phi) is 5.46. The van der Waals surface area contributed by atoms with Crippen molar-refractivity contribution in [1.82, 2.24) is 5.32 Å². The Morgan fingerprint density at radius 1 is 1.12 bits per heavy atom. The monoisotopic (exact) mass is 351 g/mol. The van der Waals surface area contributed by atoms with E-state index in [0.29, 0.717) is 11.6 Å². The fraction of sp³-hybridized carbons (Fsp3) is 0.222. The molecule has 0 aliphatic rings. The van der Waals surface area contributed by atoms with E-state index in [9.17, 15) is 27.9 Å². The number of rotatable bonds is 5. The zero-order chi connectivity index (χ0) is 18.6. The van der Waals surface area contributed by atoms with E-state index in [1.165, 1.54) is 6.07 Å². The fourth-order valence-electron chi connectivity index (χ4n) is 2.24. The molecule has 1 atom stereocenters. The number of aryl methyl sites for hydroxylation is 1. The van der Waals surface area contributed by atoms with Gasteiger partial charge in [-0.25, -0.2) is 4.79 Å². The standard InChI is InChI=1S/C18H16F3NO3/c1-11-5-7-12(8-6-11)9-15(17(24)25)22-16(23)13-3-2-4-14(10-13)18(19,20)21/h2-8,10,15H,9H2,1H3,(H,22,23)(H,24,25)/t15-/m0/s1. The van der Waals surface area contributed by atoms with Gasteiger partial charge in [0.15, 0.2) is 0 Å². The quantitative estimate of drug-likeness (QED) is 0.867. The highest BCUT2D eigenvalue weighted by molar-refractivity contribution is 5.96. The number of carbonyl (C=O) groups excluding carboxylic acids is 1. The molecule has 1 amide bonds. The van der Waals surface area contributed by atoms with Crippen molar-refractivity contribution < 1.29 is 27.9 Å². The van der Waals surface area contributed by atoms with Gasteiger partial charge in [-0.3, -0.25) is 4.79 Å². The van der Waals surface area contributed by atoms with Crippen molar-refractivity contribution in [2.45, 2.75) is 25.6 Å². The number of carboxylic acid groups (broad SMARTS) is 1. The Hall–Kier alpha value is -2.83. The lowest BCUT2D eigenvalue weighted by atomic mass is 10.0. The Bertz CT molecular complexity index is 770. The first kappa shape index (κ1) is 18.5. The summed E-state index contributed by atoms with van der Waals surface area (Å²) in [6, 6.07) is 9.69. The van der Waals surface area contributed by atoms with Crippen LogP contribution in [0.1, 0.15) is 27.0 Å². The molecule has 2 aromatic carbocycles. The minimum absolute atomic E-state index is 0.0281. The van der Waals surface area contributed by atoms with Gasteiger partial charge in [-0.05, 0) is 30.7 Å². The molecule has 0 fully saturated rings. The van der Waals surface area contributed by atoms with Gasteiger partial charge in [0, 0.05) is 12.0 Å². The van der Waals surface area contributed by atoms with E-state index >= 15 is 0 Å². The molecule has 4 nitrogen and oxygen atoms in total. The molecule has 0 bridgehead atoms. The SMILES string of the molecule is Cc1ccc(C[C@H](NC(=O)c2cccc(C(F)(F)F)c2)C(=O)O)cc1. The Balaban J connectivity index is 2.15. The van der Waals surface area contributed by atoms with Crippen molar-refractivity contribution in [2.24, 2.45) is 0 Å². The molecule has 0 spiro atoms. The number of hydrogen-bond acceptors (Lipinski definition) is 2. The van der Waals surface area contributed by atoms with Crippen LogP contribution in [0.5, 0.6) is 0 Å². The first-order valence-corrected chi connectivity index (χ1v) is 7.43. The number of amides is 1. The van der Waals surface area contributed by atoms with Gasteiger partial charge in [0.25, 0.3) is 5.91 Å². The third-order valence-electron chi connectivity index (χ3n) is 3.62. The summed E-state index contributed by atoms with van der Waals surface area (Å²) in [5.74, 6) is -2.13. The second-order valence-electron chi connectivity index (χ2n) is 5.63. The van der Waals surface area contributed by atoms with Crippen molar-refractivity contribution in [3.8, 4) is 0 Å². The van der Waals surface area contributed by atoms with Crippen molar-refractivity contribution >= 4 is 11.9 Å². The summed E-state index contributed by atoms with van der Waals surface area (Å²) in [6.45, 7) is 1.88. The highest BCUT2D eigenvalue weighted by Gasteiger charge is 2.31. The molecule has 0 radical (unpaired) electrons. The van der Waals surface area contributed by atoms with Crippen LogP contribution >= 0.6 is 0 Å². The molecule has 7 heteroatoms. The summed E-state index contributed by atoms with van der Waals surface area (Å²) in [7, 11) is 0. The maximum absolute atomic E-state index is 12.7. The van der Waals surface area contributed by atoms with Crippen LogP contribution < -0.4 is 5.32 Å². The number of alkyl halides is 3. The predicted octanol–water partition coefficient (Wildman–Crippen LogP) is 3.44. The van der Waals surface area contributed by atoms with Gasteiger partial charge in [-0.15, -0.1) is 0 Å². The van der Waals surface area contributed by atoms with Crippen molar-refractivity contribution in [3.05, 3.63) is 70.8 Å². The van der Waals surface area contributed by atoms with Gasteiger partial charge in [0.05, 0.1) is 5.56 Å². The number of benzene rings is 2. The Labute approximate surface area is 142 Å². The molecule has 0 unspecified atom stereocenters. The minimum atomic E-state index is -4.58. The van der Waals surface area contributed by atoms with Gasteiger partial charge in [0.1, 0.15) is 6.04 Å². The number of carbonyl (C=O) groups is 2. The molecule has 2 aromatic rings. The number of halogens is 3. The summed E-state index contributed by atoms with van der Waals surface area (Å²) in [5, 5.41) is 11.5. The Morgan fingerprint density at radius 2 is 1.76 bits per heavy atom. The normalized spacial score (nSPS) is 12.5. The lowest BCUT2D eigenvalue weighted by Crippen LogP contribution is -2.42. The van der Waals surface area contributed by atoms with Gasteiger partial charge in [-0.1, -0.05) is 35.9 Å². The van der Waals surface area contributed by atoms with E-state index in [-0.39, 0.29) is 12.0 Å². The lowest BCUT2D eigenvalue weighted by molar-refractivity contribution is -0.139. The summed E-state index contributed by atoms with van der Waals surface area (Å²) < 4.78 is 38.1. The highest BCUT2D eigenvalue weighted by Crippen LogP contribution is 2.29. The second-order valence-corrected chi connectivity index (χ2v) is 5.63. The zero-order valence-electron chi connectivity index (χ0n) is 13.3. The molecule has 0 heterocycles. The molecule has 0 saturated carbocycles. The summed E-state index contributed by atoms with van der Waals surface area (Å²) in [4.78, 5) is 23.5. The number of nitrogens with one attached hydrogen (secondary N) is 1. The van der Waals surface area contributed by atoms with Crippen molar-refractivity contribution in [2.75, 3.05) is 0 Å². The van der Waals surface area contributed by atoms with E-state index in [1.807, 2.05) is 19.1 Å². The van der Waals surface area contributed by atoms with Gasteiger partial charge >= 0.3 is 12.1 Å². The van der Waals surface area contributed by atoms with Gasteiger partial charge in [-0.2, -0.15) is 13.2 Å². The third-order valence-corrected chi connectivity index (χ3v) is 3.62. The molecule has 2 rings (SSSR count). The van der Waals surface area contributed by atoms with Crippen LogP contribution in [0.3, 0.4) is 0 Å². The van der Waals surface area contributed by atoms with E-state index in [4.69, 9.17) is 0 Å². The number of hydrogen-bond donors (Lipinski definition) is 2. The lowest BCUT2D eigenvalue weighted by Gasteiger charge is -2.15. The summed E-state index contributed by atoms with van der Waals surface area (Å²) >= 11 is 0. The van der Waals surface area contributed by atoms with Gasteiger partial charge < -0.3 is 10.4 Å². The van der Waals surface area contributed by atoms with Crippen LogP contribution in [0.15, 0.2) is 48.5 Å². The number of carboxylic acids is 1. The van der Waals surface area contributed by atoms with E-state index < -0.39 is 29.7 Å². The first-order valence-electron chi connectivity index (χ1n) is 7.43. The molecular formula is C18H16F3NO3. The van der Waals surface area contributed by atoms with E-state index in [0.717, 1.165) is 17.7 Å². The average Bonchev–Trinajstić information content (AvgIpc) is 2.55. The first-order chi connectivity index (χ1) is 11.7. The molecule has 2 N–H and O–H groups in total. The van der Waals surface area contributed by atoms with Crippen LogP contribution in [-0.2, 0) is 17.4 Å². The minimum Gasteiger partial charge on any atom is -0.480 e. The van der Waals surface area contributed by atoms with Crippen molar-refractivity contribution in [3.63, 3.8) is 0 Å². The van der Waals surface area contributed by atoms with Crippen LogP contribution in [0.25, 0.3) is 0 Å². The van der Waals surface area contributed by atoms with Crippen LogP contribution in [0, 0.1) is 6.92 Å². The van der Waals surface area contributed by atoms with Crippen LogP contribution in [0.4, 0.5) is 13.2 Å². The Morgan fingerprint density at radius 3 is 2.32 bits per heavy atom. The maximum atomic E-state index is 12.7. The highest BCUT2D eigenvalue weighted by atomic mass is 19.4. The molecule has 132 valence electrons. The molecule has 0 saturated heterocycles. The second kappa shape index (κ2) is 7.38. The zero-order valence-corrected chi connectivity index (χ0v) is 13.3. The largest absolute Gasteiger partial charge is 0.480 e. The smallest absolute Gasteiger partial charge is 0.416 e. The summed E-state index contributed by atoms with van der Waals surface area (Å²) in [5.41, 5.74) is 0.488. The number of aliphatic carboxylic acids is 1. The molecule has 0 aliphatic heterocycles. The third kappa shape index (κ3) is 5.07. The van der Waals surface area contributed by atoms with E-state index in [2.05, 4.69) is 5.32 Å². The molecule has 25 heavy (non-hydrogen) atoms. The van der Waals surface area contributed by atoms with Crippen LogP contribution in [0.2, 0.25) is 0 Å². The maximum Gasteiger partial charge on any atom is 0.416 e. The van der Waals surface area contributed by atoms with Crippen molar-refractivity contribution in [1.29, 1.82) is 0 Å². The van der Waals surface area contributed by atoms with Crippen LogP contribution in [-0.4, -0.2) is 23.0 Å². The molecule has 0 aromatic heterocycles. The van der Waals surface area contributed by atoms with E-state index in [1.54, 1.807) is 12.1 Å². The topological polar surface area (TPSA) is 66.4 Å².